The van der Waals surface area contributed by atoms with Gasteiger partial charge in [-0.05, 0) is 33.3 Å². The summed E-state index contributed by atoms with van der Waals surface area (Å²) in [6.45, 7) is 0. The molecule has 15 heavy (non-hydrogen) atoms. The van der Waals surface area contributed by atoms with Crippen LogP contribution >= 0.6 is 22.7 Å². The molecule has 0 N–H and O–H groups in total. The van der Waals surface area contributed by atoms with Crippen LogP contribution in [0.4, 0.5) is 0 Å². The standard InChI is InChI=1S/C12H10S2Si/c1-3-9(13-7-1)11-5-6-12(15-11)10-4-2-8-14-10/h1-8H,15H2. The van der Waals surface area contributed by atoms with E-state index in [1.54, 1.807) is 10.4 Å². The minimum Gasteiger partial charge on any atom is -0.145 e. The van der Waals surface area contributed by atoms with Gasteiger partial charge in [-0.15, -0.1) is 22.7 Å². The van der Waals surface area contributed by atoms with Gasteiger partial charge < -0.3 is 0 Å². The molecule has 2 aromatic rings. The maximum Gasteiger partial charge on any atom is 0.0911 e. The molecule has 1 aliphatic rings. The van der Waals surface area contributed by atoms with Crippen LogP contribution < -0.4 is 0 Å². The van der Waals surface area contributed by atoms with Gasteiger partial charge in [-0.2, -0.15) is 0 Å². The van der Waals surface area contributed by atoms with Crippen LogP contribution in [0.5, 0.6) is 0 Å². The molecule has 0 bridgehead atoms. The summed E-state index contributed by atoms with van der Waals surface area (Å²) in [5.41, 5.74) is 0. The summed E-state index contributed by atoms with van der Waals surface area (Å²) in [5.74, 6) is 0. The minimum absolute atomic E-state index is 0.224. The third kappa shape index (κ3) is 1.78. The average Bonchev–Trinajstić information content (AvgIpc) is 3.02. The lowest BCUT2D eigenvalue weighted by atomic mass is 10.3. The molecule has 0 nitrogen and oxygen atoms in total. The summed E-state index contributed by atoms with van der Waals surface area (Å²) in [7, 11) is -0.224. The predicted molar refractivity (Wildman–Crippen MR) is 73.1 cm³/mol. The fourth-order valence-corrected chi connectivity index (χ4v) is 5.54. The van der Waals surface area contributed by atoms with Crippen molar-refractivity contribution in [3.8, 4) is 0 Å². The Morgan fingerprint density at radius 1 is 0.800 bits per heavy atom. The van der Waals surface area contributed by atoms with Gasteiger partial charge in [-0.25, -0.2) is 0 Å². The average molecular weight is 246 g/mol. The zero-order valence-electron chi connectivity index (χ0n) is 8.14. The van der Waals surface area contributed by atoms with Gasteiger partial charge in [0.25, 0.3) is 0 Å². The second-order valence-corrected chi connectivity index (χ2v) is 7.29. The Balaban J connectivity index is 1.82. The SMILES string of the molecule is C1=C(c2cccs2)[SiH2]C(c2cccs2)=C1. The highest BCUT2D eigenvalue weighted by atomic mass is 32.1. The summed E-state index contributed by atoms with van der Waals surface area (Å²) < 4.78 is 0. The normalized spacial score (nSPS) is 15.2. The zero-order chi connectivity index (χ0) is 10.1. The lowest BCUT2D eigenvalue weighted by Crippen LogP contribution is -1.91. The first kappa shape index (κ1) is 9.33. The Morgan fingerprint density at radius 2 is 1.33 bits per heavy atom. The third-order valence-electron chi connectivity index (χ3n) is 2.54. The monoisotopic (exact) mass is 246 g/mol. The quantitative estimate of drug-likeness (QED) is 0.713. The molecular weight excluding hydrogens is 236 g/mol. The van der Waals surface area contributed by atoms with Crippen LogP contribution in [0.15, 0.2) is 47.2 Å². The Bertz CT molecular complexity index is 456. The van der Waals surface area contributed by atoms with E-state index in [0.29, 0.717) is 0 Å². The van der Waals surface area contributed by atoms with Gasteiger partial charge >= 0.3 is 0 Å². The topological polar surface area (TPSA) is 0 Å². The Hall–Kier alpha value is -0.903. The van der Waals surface area contributed by atoms with Crippen molar-refractivity contribution in [1.82, 2.24) is 0 Å². The number of rotatable bonds is 2. The van der Waals surface area contributed by atoms with Crippen molar-refractivity contribution in [2.24, 2.45) is 0 Å². The molecule has 0 amide bonds. The fraction of sp³-hybridized carbons (Fsp3) is 0. The largest absolute Gasteiger partial charge is 0.145 e. The van der Waals surface area contributed by atoms with E-state index in [0.717, 1.165) is 0 Å². The maximum atomic E-state index is 2.31. The summed E-state index contributed by atoms with van der Waals surface area (Å²) in [6, 6.07) is 8.74. The molecule has 0 saturated carbocycles. The van der Waals surface area contributed by atoms with Crippen molar-refractivity contribution in [2.75, 3.05) is 0 Å². The second kappa shape index (κ2) is 3.93. The van der Waals surface area contributed by atoms with Crippen molar-refractivity contribution in [2.45, 2.75) is 0 Å². The van der Waals surface area contributed by atoms with E-state index in [4.69, 9.17) is 0 Å². The number of hydrogen-bond donors (Lipinski definition) is 0. The van der Waals surface area contributed by atoms with Crippen molar-refractivity contribution in [1.29, 1.82) is 0 Å². The van der Waals surface area contributed by atoms with Crippen molar-refractivity contribution >= 4 is 42.6 Å². The van der Waals surface area contributed by atoms with E-state index >= 15 is 0 Å². The molecule has 0 fully saturated rings. The second-order valence-electron chi connectivity index (χ2n) is 3.52. The van der Waals surface area contributed by atoms with Crippen LogP contribution in [-0.4, -0.2) is 9.52 Å². The summed E-state index contributed by atoms with van der Waals surface area (Å²) in [6.07, 6.45) is 4.63. The number of thiophene rings is 2. The molecular formula is C12H10S2Si. The molecule has 0 aliphatic carbocycles. The van der Waals surface area contributed by atoms with Crippen LogP contribution in [0.1, 0.15) is 9.75 Å². The van der Waals surface area contributed by atoms with Crippen molar-refractivity contribution in [3.63, 3.8) is 0 Å². The minimum atomic E-state index is -0.224. The van der Waals surface area contributed by atoms with Gasteiger partial charge in [0.2, 0.25) is 0 Å². The van der Waals surface area contributed by atoms with Gasteiger partial charge in [-0.3, -0.25) is 0 Å². The highest BCUT2D eigenvalue weighted by Crippen LogP contribution is 2.30. The van der Waals surface area contributed by atoms with Crippen LogP contribution in [0, 0.1) is 0 Å². The van der Waals surface area contributed by atoms with Crippen molar-refractivity contribution < 1.29 is 0 Å². The molecule has 0 unspecified atom stereocenters. The molecule has 3 heterocycles. The zero-order valence-corrected chi connectivity index (χ0v) is 11.2. The Labute approximate surface area is 99.4 Å². The predicted octanol–water partition coefficient (Wildman–Crippen LogP) is 3.37. The van der Waals surface area contributed by atoms with E-state index in [1.807, 2.05) is 22.7 Å². The number of hydrogen-bond acceptors (Lipinski definition) is 2. The summed E-state index contributed by atoms with van der Waals surface area (Å²) in [4.78, 5) is 2.92. The Morgan fingerprint density at radius 3 is 1.73 bits per heavy atom. The molecule has 0 radical (unpaired) electrons. The van der Waals surface area contributed by atoms with E-state index in [-0.39, 0.29) is 9.52 Å². The van der Waals surface area contributed by atoms with Crippen LogP contribution in [0.25, 0.3) is 10.4 Å². The summed E-state index contributed by atoms with van der Waals surface area (Å²) in [5, 5.41) is 7.50. The molecule has 0 saturated heterocycles. The molecule has 1 aliphatic heterocycles. The first-order valence-corrected chi connectivity index (χ1v) is 8.08. The highest BCUT2D eigenvalue weighted by Gasteiger charge is 2.13. The van der Waals surface area contributed by atoms with Crippen LogP contribution in [0.2, 0.25) is 0 Å². The smallest absolute Gasteiger partial charge is 0.0911 e. The molecule has 74 valence electrons. The van der Waals surface area contributed by atoms with Crippen LogP contribution in [0.3, 0.4) is 0 Å². The molecule has 0 spiro atoms. The molecule has 0 aromatic carbocycles. The highest BCUT2D eigenvalue weighted by molar-refractivity contribution is 7.14. The third-order valence-corrected chi connectivity index (χ3v) is 6.94. The fourth-order valence-electron chi connectivity index (χ4n) is 1.79. The van der Waals surface area contributed by atoms with E-state index in [2.05, 4.69) is 47.2 Å². The lowest BCUT2D eigenvalue weighted by molar-refractivity contribution is 1.92. The van der Waals surface area contributed by atoms with Gasteiger partial charge in [0.05, 0.1) is 9.52 Å². The number of allylic oxidation sites excluding steroid dienone is 2. The van der Waals surface area contributed by atoms with E-state index in [9.17, 15) is 0 Å². The molecule has 2 aromatic heterocycles. The molecule has 3 heteroatoms. The Kier molecular flexibility index (Phi) is 2.44. The summed E-state index contributed by atoms with van der Waals surface area (Å²) >= 11 is 3.71. The van der Waals surface area contributed by atoms with Crippen molar-refractivity contribution in [3.05, 3.63) is 56.9 Å². The van der Waals surface area contributed by atoms with Gasteiger partial charge in [0.15, 0.2) is 0 Å². The lowest BCUT2D eigenvalue weighted by Gasteiger charge is -1.99. The van der Waals surface area contributed by atoms with E-state index in [1.165, 1.54) is 9.75 Å². The molecule has 3 rings (SSSR count). The van der Waals surface area contributed by atoms with Crippen LogP contribution in [-0.2, 0) is 0 Å². The first-order chi connectivity index (χ1) is 7.43. The van der Waals surface area contributed by atoms with Gasteiger partial charge in [-0.1, -0.05) is 24.3 Å². The van der Waals surface area contributed by atoms with Gasteiger partial charge in [0.1, 0.15) is 0 Å². The molecule has 0 atom stereocenters. The van der Waals surface area contributed by atoms with E-state index < -0.39 is 0 Å². The van der Waals surface area contributed by atoms with Gasteiger partial charge in [0, 0.05) is 9.75 Å². The first-order valence-electron chi connectivity index (χ1n) is 4.91. The maximum absolute atomic E-state index is 2.31.